The van der Waals surface area contributed by atoms with E-state index in [-0.39, 0.29) is 6.10 Å². The Balaban J connectivity index is 2.01. The Hall–Kier alpha value is -1.52. The highest BCUT2D eigenvalue weighted by atomic mass is 16.5. The van der Waals surface area contributed by atoms with Gasteiger partial charge in [0.2, 0.25) is 0 Å². The van der Waals surface area contributed by atoms with Crippen LogP contribution in [0.5, 0.6) is 0 Å². The predicted molar refractivity (Wildman–Crippen MR) is 75.2 cm³/mol. The van der Waals surface area contributed by atoms with E-state index in [1.54, 1.807) is 0 Å². The molecule has 1 unspecified atom stereocenters. The molecule has 1 saturated carbocycles. The summed E-state index contributed by atoms with van der Waals surface area (Å²) in [5.41, 5.74) is 1.09. The van der Waals surface area contributed by atoms with Crippen molar-refractivity contribution in [1.29, 1.82) is 0 Å². The zero-order chi connectivity index (χ0) is 12.6. The van der Waals surface area contributed by atoms with Gasteiger partial charge in [0.05, 0.1) is 12.7 Å². The predicted octanol–water partition coefficient (Wildman–Crippen LogP) is 3.80. The first kappa shape index (κ1) is 12.9. The molecule has 1 heteroatoms. The van der Waals surface area contributed by atoms with Gasteiger partial charge in [-0.05, 0) is 25.0 Å². The largest absolute Gasteiger partial charge is 0.373 e. The number of hydrogen-bond donors (Lipinski definition) is 0. The van der Waals surface area contributed by atoms with E-state index in [9.17, 15) is 0 Å². The maximum atomic E-state index is 5.81. The Labute approximate surface area is 110 Å². The van der Waals surface area contributed by atoms with Crippen molar-refractivity contribution >= 4 is 0 Å². The second kappa shape index (κ2) is 7.03. The van der Waals surface area contributed by atoms with Crippen LogP contribution in [-0.4, -0.2) is 12.7 Å². The summed E-state index contributed by atoms with van der Waals surface area (Å²) in [4.78, 5) is 0. The van der Waals surface area contributed by atoms with Gasteiger partial charge in [0.15, 0.2) is 0 Å². The molecule has 1 aliphatic carbocycles. The van der Waals surface area contributed by atoms with Gasteiger partial charge in [-0.15, -0.1) is 6.58 Å². The highest BCUT2D eigenvalue weighted by Gasteiger charge is 2.23. The standard InChI is InChI=1S/C17H20O/c1-2-14-18-17-11-7-6-10-16(17)13-12-15-8-4-3-5-9-15/h2-5,8-9,16-17H,1,6-7,10-11,14H2/t16-,17?/m0/s1. The van der Waals surface area contributed by atoms with Crippen LogP contribution in [-0.2, 0) is 4.74 Å². The second-order valence-corrected chi connectivity index (χ2v) is 4.69. The zero-order valence-electron chi connectivity index (χ0n) is 10.8. The molecule has 2 rings (SSSR count). The van der Waals surface area contributed by atoms with Gasteiger partial charge in [0, 0.05) is 11.5 Å². The monoisotopic (exact) mass is 240 g/mol. The zero-order valence-corrected chi connectivity index (χ0v) is 10.8. The molecule has 0 amide bonds. The molecule has 0 N–H and O–H groups in total. The molecule has 0 aromatic heterocycles. The molecule has 1 aromatic carbocycles. The van der Waals surface area contributed by atoms with Crippen molar-refractivity contribution in [3.05, 3.63) is 48.6 Å². The lowest BCUT2D eigenvalue weighted by molar-refractivity contribution is 0.0229. The van der Waals surface area contributed by atoms with Gasteiger partial charge in [-0.2, -0.15) is 0 Å². The minimum Gasteiger partial charge on any atom is -0.373 e. The first-order valence-electron chi connectivity index (χ1n) is 6.69. The summed E-state index contributed by atoms with van der Waals surface area (Å²) in [7, 11) is 0. The van der Waals surface area contributed by atoms with Crippen molar-refractivity contribution in [2.75, 3.05) is 6.61 Å². The van der Waals surface area contributed by atoms with E-state index in [4.69, 9.17) is 4.74 Å². The minimum absolute atomic E-state index is 0.285. The Morgan fingerprint density at radius 2 is 2.00 bits per heavy atom. The third kappa shape index (κ3) is 3.75. The van der Waals surface area contributed by atoms with Gasteiger partial charge in [-0.25, -0.2) is 0 Å². The van der Waals surface area contributed by atoms with E-state index < -0.39 is 0 Å². The normalized spacial score (nSPS) is 22.9. The average molecular weight is 240 g/mol. The van der Waals surface area contributed by atoms with Gasteiger partial charge in [0.25, 0.3) is 0 Å². The molecule has 2 atom stereocenters. The summed E-state index contributed by atoms with van der Waals surface area (Å²) in [5, 5.41) is 0. The SMILES string of the molecule is C=CCOC1CCCC[C@H]1C#Cc1ccccc1. The van der Waals surface area contributed by atoms with E-state index in [1.165, 1.54) is 12.8 Å². The maximum Gasteiger partial charge on any atom is 0.0716 e. The van der Waals surface area contributed by atoms with Crippen molar-refractivity contribution in [2.45, 2.75) is 31.8 Å². The molecule has 0 aliphatic heterocycles. The topological polar surface area (TPSA) is 9.23 Å². The molecule has 94 valence electrons. The third-order valence-corrected chi connectivity index (χ3v) is 3.31. The van der Waals surface area contributed by atoms with Crippen LogP contribution in [0.25, 0.3) is 0 Å². The highest BCUT2D eigenvalue weighted by Crippen LogP contribution is 2.26. The van der Waals surface area contributed by atoms with Gasteiger partial charge in [-0.3, -0.25) is 0 Å². The first-order chi connectivity index (χ1) is 8.90. The molecule has 1 fully saturated rings. The summed E-state index contributed by atoms with van der Waals surface area (Å²) < 4.78 is 5.81. The quantitative estimate of drug-likeness (QED) is 0.577. The second-order valence-electron chi connectivity index (χ2n) is 4.69. The number of hydrogen-bond acceptors (Lipinski definition) is 1. The van der Waals surface area contributed by atoms with Gasteiger partial charge < -0.3 is 4.74 Å². The van der Waals surface area contributed by atoms with Crippen molar-refractivity contribution in [2.24, 2.45) is 5.92 Å². The molecule has 1 aromatic rings. The van der Waals surface area contributed by atoms with Crippen LogP contribution in [0.15, 0.2) is 43.0 Å². The Kier molecular flexibility index (Phi) is 5.05. The first-order valence-corrected chi connectivity index (χ1v) is 6.69. The summed E-state index contributed by atoms with van der Waals surface area (Å²) in [6.45, 7) is 4.34. The molecule has 1 nitrogen and oxygen atoms in total. The average Bonchev–Trinajstić information content (AvgIpc) is 2.45. The fourth-order valence-corrected chi connectivity index (χ4v) is 2.35. The lowest BCUT2D eigenvalue weighted by Crippen LogP contribution is -2.26. The van der Waals surface area contributed by atoms with Crippen LogP contribution in [0.3, 0.4) is 0 Å². The fraction of sp³-hybridized carbons (Fsp3) is 0.412. The van der Waals surface area contributed by atoms with E-state index in [2.05, 4.69) is 30.6 Å². The van der Waals surface area contributed by atoms with Gasteiger partial charge in [-0.1, -0.05) is 49.0 Å². The van der Waals surface area contributed by atoms with E-state index >= 15 is 0 Å². The van der Waals surface area contributed by atoms with Gasteiger partial charge in [0.1, 0.15) is 0 Å². The highest BCUT2D eigenvalue weighted by molar-refractivity contribution is 5.34. The molecule has 1 aliphatic rings. The Morgan fingerprint density at radius 3 is 2.78 bits per heavy atom. The smallest absolute Gasteiger partial charge is 0.0716 e. The van der Waals surface area contributed by atoms with Crippen molar-refractivity contribution in [3.8, 4) is 11.8 Å². The molecule has 0 radical (unpaired) electrons. The van der Waals surface area contributed by atoms with Crippen LogP contribution in [0.2, 0.25) is 0 Å². The van der Waals surface area contributed by atoms with Crippen molar-refractivity contribution in [1.82, 2.24) is 0 Å². The molecule has 0 bridgehead atoms. The Bertz CT molecular complexity index is 424. The van der Waals surface area contributed by atoms with Crippen LogP contribution in [0.1, 0.15) is 31.2 Å². The molecule has 18 heavy (non-hydrogen) atoms. The summed E-state index contributed by atoms with van der Waals surface area (Å²) in [6.07, 6.45) is 6.90. The van der Waals surface area contributed by atoms with Crippen LogP contribution in [0.4, 0.5) is 0 Å². The molecular weight excluding hydrogens is 220 g/mol. The summed E-state index contributed by atoms with van der Waals surface area (Å²) in [6, 6.07) is 10.2. The van der Waals surface area contributed by atoms with Crippen molar-refractivity contribution < 1.29 is 4.74 Å². The molecule has 0 saturated heterocycles. The number of benzene rings is 1. The Morgan fingerprint density at radius 1 is 1.22 bits per heavy atom. The lowest BCUT2D eigenvalue weighted by atomic mass is 9.86. The van der Waals surface area contributed by atoms with Crippen molar-refractivity contribution in [3.63, 3.8) is 0 Å². The summed E-state index contributed by atoms with van der Waals surface area (Å²) >= 11 is 0. The maximum absolute atomic E-state index is 5.81. The fourth-order valence-electron chi connectivity index (χ4n) is 2.35. The minimum atomic E-state index is 0.285. The molecular formula is C17H20O. The van der Waals surface area contributed by atoms with E-state index in [1.807, 2.05) is 24.3 Å². The molecule has 0 spiro atoms. The van der Waals surface area contributed by atoms with Crippen LogP contribution < -0.4 is 0 Å². The van der Waals surface area contributed by atoms with Crippen LogP contribution >= 0.6 is 0 Å². The van der Waals surface area contributed by atoms with E-state index in [0.29, 0.717) is 12.5 Å². The molecule has 0 heterocycles. The van der Waals surface area contributed by atoms with E-state index in [0.717, 1.165) is 18.4 Å². The number of rotatable bonds is 3. The third-order valence-electron chi connectivity index (χ3n) is 3.31. The van der Waals surface area contributed by atoms with Gasteiger partial charge >= 0.3 is 0 Å². The van der Waals surface area contributed by atoms with Crippen LogP contribution in [0, 0.1) is 17.8 Å². The number of ether oxygens (including phenoxy) is 1. The lowest BCUT2D eigenvalue weighted by Gasteiger charge is -2.27. The summed E-state index contributed by atoms with van der Waals surface area (Å²) in [5.74, 6) is 7.03.